The SMILES string of the molecule is O=C(NC1CC2CCC1N2)c1ncc(-c2ccccc2Cl)s1. The van der Waals surface area contributed by atoms with Crippen LogP contribution in [0.4, 0.5) is 0 Å². The molecule has 1 amide bonds. The molecular weight excluding hydrogens is 318 g/mol. The summed E-state index contributed by atoms with van der Waals surface area (Å²) in [4.78, 5) is 17.6. The number of amides is 1. The molecule has 4 nitrogen and oxygen atoms in total. The number of rotatable bonds is 3. The lowest BCUT2D eigenvalue weighted by atomic mass is 9.95. The Bertz CT molecular complexity index is 717. The van der Waals surface area contributed by atoms with Crippen LogP contribution in [-0.2, 0) is 0 Å². The summed E-state index contributed by atoms with van der Waals surface area (Å²) >= 11 is 7.58. The molecule has 4 rings (SSSR count). The number of hydrogen-bond donors (Lipinski definition) is 2. The number of halogens is 1. The van der Waals surface area contributed by atoms with Gasteiger partial charge < -0.3 is 10.6 Å². The van der Waals surface area contributed by atoms with Gasteiger partial charge in [0.1, 0.15) is 0 Å². The molecule has 2 aliphatic heterocycles. The molecule has 6 heteroatoms. The number of benzene rings is 1. The lowest BCUT2D eigenvalue weighted by Crippen LogP contribution is -2.42. The molecule has 3 atom stereocenters. The molecule has 3 unspecified atom stereocenters. The number of nitrogens with zero attached hydrogens (tertiary/aromatic N) is 1. The van der Waals surface area contributed by atoms with Gasteiger partial charge in [0.05, 0.1) is 4.88 Å². The molecule has 3 heterocycles. The fraction of sp³-hybridized carbons (Fsp3) is 0.375. The van der Waals surface area contributed by atoms with Crippen LogP contribution in [0.1, 0.15) is 29.1 Å². The minimum atomic E-state index is -0.0809. The topological polar surface area (TPSA) is 54.0 Å². The van der Waals surface area contributed by atoms with Gasteiger partial charge in [0.2, 0.25) is 0 Å². The van der Waals surface area contributed by atoms with E-state index >= 15 is 0 Å². The summed E-state index contributed by atoms with van der Waals surface area (Å²) in [7, 11) is 0. The molecule has 2 aromatic rings. The van der Waals surface area contributed by atoms with Gasteiger partial charge in [-0.2, -0.15) is 0 Å². The highest BCUT2D eigenvalue weighted by Gasteiger charge is 2.39. The molecule has 2 bridgehead atoms. The number of hydrogen-bond acceptors (Lipinski definition) is 4. The molecule has 2 aliphatic rings. The van der Waals surface area contributed by atoms with Crippen LogP contribution in [-0.4, -0.2) is 29.0 Å². The fourth-order valence-corrected chi connectivity index (χ4v) is 4.53. The summed E-state index contributed by atoms with van der Waals surface area (Å²) in [6, 6.07) is 8.85. The van der Waals surface area contributed by atoms with Crippen molar-refractivity contribution in [2.24, 2.45) is 0 Å². The maximum Gasteiger partial charge on any atom is 0.280 e. The zero-order chi connectivity index (χ0) is 15.1. The lowest BCUT2D eigenvalue weighted by molar-refractivity contribution is 0.0930. The minimum absolute atomic E-state index is 0.0809. The van der Waals surface area contributed by atoms with Crippen molar-refractivity contribution in [3.63, 3.8) is 0 Å². The van der Waals surface area contributed by atoms with Gasteiger partial charge in [-0.3, -0.25) is 4.79 Å². The van der Waals surface area contributed by atoms with Gasteiger partial charge in [-0.15, -0.1) is 11.3 Å². The molecule has 0 saturated carbocycles. The highest BCUT2D eigenvalue weighted by molar-refractivity contribution is 7.17. The highest BCUT2D eigenvalue weighted by atomic mass is 35.5. The van der Waals surface area contributed by atoms with Gasteiger partial charge >= 0.3 is 0 Å². The van der Waals surface area contributed by atoms with Gasteiger partial charge in [0.15, 0.2) is 5.01 Å². The molecule has 1 aromatic heterocycles. The second kappa shape index (κ2) is 5.65. The van der Waals surface area contributed by atoms with Crippen molar-refractivity contribution in [1.82, 2.24) is 15.6 Å². The number of nitrogens with one attached hydrogen (secondary N) is 2. The van der Waals surface area contributed by atoms with E-state index in [0.29, 0.717) is 22.1 Å². The zero-order valence-electron chi connectivity index (χ0n) is 11.9. The average Bonchev–Trinajstić information content (AvgIpc) is 3.24. The highest BCUT2D eigenvalue weighted by Crippen LogP contribution is 2.32. The van der Waals surface area contributed by atoms with E-state index in [1.807, 2.05) is 24.3 Å². The Morgan fingerprint density at radius 2 is 2.23 bits per heavy atom. The molecule has 2 saturated heterocycles. The van der Waals surface area contributed by atoms with Crippen molar-refractivity contribution in [3.8, 4) is 10.4 Å². The van der Waals surface area contributed by atoms with Crippen molar-refractivity contribution < 1.29 is 4.79 Å². The second-order valence-electron chi connectivity index (χ2n) is 5.87. The number of carbonyl (C=O) groups is 1. The first kappa shape index (κ1) is 14.2. The third kappa shape index (κ3) is 2.53. The first-order valence-electron chi connectivity index (χ1n) is 7.48. The number of fused-ring (bicyclic) bond motifs is 2. The lowest BCUT2D eigenvalue weighted by Gasteiger charge is -2.20. The summed E-state index contributed by atoms with van der Waals surface area (Å²) in [5.74, 6) is -0.0809. The van der Waals surface area contributed by atoms with Crippen molar-refractivity contribution in [1.29, 1.82) is 0 Å². The third-order valence-electron chi connectivity index (χ3n) is 4.46. The molecule has 114 valence electrons. The summed E-state index contributed by atoms with van der Waals surface area (Å²) in [6.07, 6.45) is 5.13. The summed E-state index contributed by atoms with van der Waals surface area (Å²) in [6.45, 7) is 0. The van der Waals surface area contributed by atoms with E-state index in [1.165, 1.54) is 17.8 Å². The van der Waals surface area contributed by atoms with Crippen LogP contribution in [0.2, 0.25) is 5.02 Å². The molecule has 2 fully saturated rings. The van der Waals surface area contributed by atoms with E-state index in [9.17, 15) is 4.79 Å². The van der Waals surface area contributed by atoms with E-state index in [2.05, 4.69) is 15.6 Å². The van der Waals surface area contributed by atoms with E-state index in [0.717, 1.165) is 23.3 Å². The molecule has 1 aromatic carbocycles. The fourth-order valence-electron chi connectivity index (χ4n) is 3.38. The second-order valence-corrected chi connectivity index (χ2v) is 7.31. The van der Waals surface area contributed by atoms with Crippen molar-refractivity contribution >= 4 is 28.8 Å². The molecule has 0 radical (unpaired) electrons. The number of thiazole rings is 1. The van der Waals surface area contributed by atoms with E-state index < -0.39 is 0 Å². The normalized spacial score (nSPS) is 26.3. The quantitative estimate of drug-likeness (QED) is 0.907. The Hall–Kier alpha value is -1.43. The van der Waals surface area contributed by atoms with Crippen molar-refractivity contribution in [3.05, 3.63) is 40.5 Å². The van der Waals surface area contributed by atoms with Crippen molar-refractivity contribution in [2.45, 2.75) is 37.4 Å². The molecule has 2 N–H and O–H groups in total. The summed E-state index contributed by atoms with van der Waals surface area (Å²) in [5.41, 5.74) is 0.919. The van der Waals surface area contributed by atoms with E-state index in [4.69, 9.17) is 11.6 Å². The van der Waals surface area contributed by atoms with E-state index in [1.54, 1.807) is 6.20 Å². The van der Waals surface area contributed by atoms with Crippen LogP contribution in [0.15, 0.2) is 30.5 Å². The Kier molecular flexibility index (Phi) is 3.64. The maximum absolute atomic E-state index is 12.4. The largest absolute Gasteiger partial charge is 0.346 e. The first-order valence-corrected chi connectivity index (χ1v) is 8.68. The van der Waals surface area contributed by atoms with Crippen LogP contribution in [0.25, 0.3) is 10.4 Å². The van der Waals surface area contributed by atoms with E-state index in [-0.39, 0.29) is 11.9 Å². The Balaban J connectivity index is 1.49. The van der Waals surface area contributed by atoms with Gasteiger partial charge in [-0.1, -0.05) is 29.8 Å². The van der Waals surface area contributed by atoms with Crippen LogP contribution in [0.5, 0.6) is 0 Å². The first-order chi connectivity index (χ1) is 10.7. The predicted octanol–water partition coefficient (Wildman–Crippen LogP) is 3.09. The maximum atomic E-state index is 12.4. The minimum Gasteiger partial charge on any atom is -0.346 e. The molecule has 22 heavy (non-hydrogen) atoms. The van der Waals surface area contributed by atoms with Gasteiger partial charge in [-0.05, 0) is 25.3 Å². The van der Waals surface area contributed by atoms with Crippen LogP contribution in [0, 0.1) is 0 Å². The number of aromatic nitrogens is 1. The zero-order valence-corrected chi connectivity index (χ0v) is 13.5. The molecule has 0 spiro atoms. The summed E-state index contributed by atoms with van der Waals surface area (Å²) in [5, 5.41) is 7.82. The molecule has 0 aliphatic carbocycles. The van der Waals surface area contributed by atoms with Gasteiger partial charge in [0, 0.05) is 34.9 Å². The average molecular weight is 334 g/mol. The van der Waals surface area contributed by atoms with Gasteiger partial charge in [-0.25, -0.2) is 4.98 Å². The van der Waals surface area contributed by atoms with Crippen LogP contribution >= 0.6 is 22.9 Å². The van der Waals surface area contributed by atoms with Crippen LogP contribution < -0.4 is 10.6 Å². The number of carbonyl (C=O) groups excluding carboxylic acids is 1. The predicted molar refractivity (Wildman–Crippen MR) is 88.4 cm³/mol. The van der Waals surface area contributed by atoms with Gasteiger partial charge in [0.25, 0.3) is 5.91 Å². The third-order valence-corrected chi connectivity index (χ3v) is 5.81. The molecular formula is C16H16ClN3OS. The Labute approximate surface area is 137 Å². The smallest absolute Gasteiger partial charge is 0.280 e. The Morgan fingerprint density at radius 1 is 1.36 bits per heavy atom. The standard InChI is InChI=1S/C16H16ClN3OS/c17-11-4-2-1-3-10(11)14-8-18-16(22-14)15(21)20-13-7-9-5-6-12(13)19-9/h1-4,8-9,12-13,19H,5-7H2,(H,20,21). The van der Waals surface area contributed by atoms with Crippen LogP contribution in [0.3, 0.4) is 0 Å². The monoisotopic (exact) mass is 333 g/mol. The van der Waals surface area contributed by atoms with Crippen molar-refractivity contribution in [2.75, 3.05) is 0 Å². The summed E-state index contributed by atoms with van der Waals surface area (Å²) < 4.78 is 0. The Morgan fingerprint density at radius 3 is 2.95 bits per heavy atom.